The maximum atomic E-state index is 12.9. The highest BCUT2D eigenvalue weighted by atomic mass is 35.5. The average Bonchev–Trinajstić information content (AvgIpc) is 2.84. The first kappa shape index (κ1) is 23.6. The van der Waals surface area contributed by atoms with Crippen LogP contribution in [-0.4, -0.2) is 29.8 Å². The fourth-order valence-corrected chi connectivity index (χ4v) is 4.16. The third kappa shape index (κ3) is 5.69. The molecule has 0 saturated carbocycles. The number of amides is 2. The van der Waals surface area contributed by atoms with Crippen LogP contribution in [0.1, 0.15) is 25.3 Å². The van der Waals surface area contributed by atoms with Gasteiger partial charge >= 0.3 is 0 Å². The van der Waals surface area contributed by atoms with E-state index in [1.165, 1.54) is 0 Å². The van der Waals surface area contributed by atoms with Crippen molar-refractivity contribution in [2.45, 2.75) is 26.7 Å². The summed E-state index contributed by atoms with van der Waals surface area (Å²) in [4.78, 5) is 26.2. The van der Waals surface area contributed by atoms with Crippen molar-refractivity contribution in [2.24, 2.45) is 5.92 Å². The van der Waals surface area contributed by atoms with Gasteiger partial charge in [-0.25, -0.2) is 0 Å². The number of benzene rings is 3. The summed E-state index contributed by atoms with van der Waals surface area (Å²) >= 11 is 5.98. The molecule has 4 rings (SSSR count). The van der Waals surface area contributed by atoms with Gasteiger partial charge in [-0.1, -0.05) is 29.8 Å². The van der Waals surface area contributed by atoms with Crippen LogP contribution in [0.15, 0.2) is 66.7 Å². The lowest BCUT2D eigenvalue weighted by Crippen LogP contribution is -2.40. The van der Waals surface area contributed by atoms with E-state index in [1.807, 2.05) is 61.5 Å². The Balaban J connectivity index is 1.46. The Labute approximate surface area is 204 Å². The molecule has 0 radical (unpaired) electrons. The largest absolute Gasteiger partial charge is 0.455 e. The van der Waals surface area contributed by atoms with Gasteiger partial charge in [0.15, 0.2) is 5.75 Å². The number of carbonyl (C=O) groups excluding carboxylic acids is 2. The zero-order chi connectivity index (χ0) is 24.1. The molecule has 0 atom stereocenters. The molecule has 2 N–H and O–H groups in total. The molecule has 7 heteroatoms. The average molecular weight is 478 g/mol. The highest BCUT2D eigenvalue weighted by Crippen LogP contribution is 2.34. The minimum Gasteiger partial charge on any atom is -0.455 e. The van der Waals surface area contributed by atoms with E-state index >= 15 is 0 Å². The number of likely N-dealkylation sites (tertiary alicyclic amines) is 1. The number of ether oxygens (including phenoxy) is 1. The molecular formula is C27H28ClN3O3. The van der Waals surface area contributed by atoms with Crippen LogP contribution in [0.2, 0.25) is 5.02 Å². The molecule has 0 aliphatic carbocycles. The second-order valence-corrected chi connectivity index (χ2v) is 8.86. The van der Waals surface area contributed by atoms with E-state index in [2.05, 4.69) is 10.6 Å². The Kier molecular flexibility index (Phi) is 7.38. The van der Waals surface area contributed by atoms with Crippen LogP contribution in [0.3, 0.4) is 0 Å². The predicted molar refractivity (Wildman–Crippen MR) is 136 cm³/mol. The second kappa shape index (κ2) is 10.6. The van der Waals surface area contributed by atoms with Crippen molar-refractivity contribution in [1.29, 1.82) is 0 Å². The zero-order valence-electron chi connectivity index (χ0n) is 19.3. The van der Waals surface area contributed by atoms with Crippen molar-refractivity contribution in [2.75, 3.05) is 23.7 Å². The Morgan fingerprint density at radius 1 is 0.912 bits per heavy atom. The Hall–Kier alpha value is -3.51. The topological polar surface area (TPSA) is 70.7 Å². The highest BCUT2D eigenvalue weighted by molar-refractivity contribution is 6.30. The summed E-state index contributed by atoms with van der Waals surface area (Å²) < 4.78 is 6.06. The lowest BCUT2D eigenvalue weighted by Gasteiger charge is -2.30. The number of para-hydroxylation sites is 2. The maximum absolute atomic E-state index is 12.9. The van der Waals surface area contributed by atoms with Crippen LogP contribution < -0.4 is 15.4 Å². The number of rotatable bonds is 6. The van der Waals surface area contributed by atoms with E-state index in [9.17, 15) is 9.59 Å². The number of hydrogen-bond donors (Lipinski definition) is 2. The van der Waals surface area contributed by atoms with Crippen LogP contribution in [0.5, 0.6) is 11.5 Å². The number of nitrogens with zero attached hydrogens (tertiary/aromatic N) is 1. The second-order valence-electron chi connectivity index (χ2n) is 8.42. The maximum Gasteiger partial charge on any atom is 0.227 e. The van der Waals surface area contributed by atoms with E-state index in [0.717, 1.165) is 22.6 Å². The van der Waals surface area contributed by atoms with Gasteiger partial charge in [-0.3, -0.25) is 9.59 Å². The summed E-state index contributed by atoms with van der Waals surface area (Å²) in [5, 5.41) is 7.17. The Morgan fingerprint density at radius 3 is 2.26 bits per heavy atom. The number of halogens is 1. The normalized spacial score (nSPS) is 13.9. The lowest BCUT2D eigenvalue weighted by atomic mass is 9.95. The van der Waals surface area contributed by atoms with E-state index in [0.29, 0.717) is 42.5 Å². The van der Waals surface area contributed by atoms with Crippen molar-refractivity contribution in [3.05, 3.63) is 77.3 Å². The fraction of sp³-hybridized carbons (Fsp3) is 0.259. The third-order valence-corrected chi connectivity index (χ3v) is 6.35. The quantitative estimate of drug-likeness (QED) is 0.432. The molecule has 3 aromatic carbocycles. The van der Waals surface area contributed by atoms with Gasteiger partial charge in [-0.05, 0) is 73.9 Å². The SMILES string of the molecule is CC(=O)N1CCC(C(=O)Nc2cccc(Nc3ccccc3Oc3ccc(Cl)cc3)c2C)CC1. The van der Waals surface area contributed by atoms with Gasteiger partial charge in [0, 0.05) is 42.3 Å². The van der Waals surface area contributed by atoms with Gasteiger partial charge in [0.2, 0.25) is 11.8 Å². The van der Waals surface area contributed by atoms with Crippen molar-refractivity contribution >= 4 is 40.5 Å². The number of nitrogens with one attached hydrogen (secondary N) is 2. The van der Waals surface area contributed by atoms with E-state index in [-0.39, 0.29) is 17.7 Å². The Morgan fingerprint density at radius 2 is 1.56 bits per heavy atom. The molecular weight excluding hydrogens is 450 g/mol. The van der Waals surface area contributed by atoms with Gasteiger partial charge in [-0.15, -0.1) is 0 Å². The summed E-state index contributed by atoms with van der Waals surface area (Å²) in [5.74, 6) is 1.33. The molecule has 176 valence electrons. The van der Waals surface area contributed by atoms with Crippen LogP contribution in [0, 0.1) is 12.8 Å². The molecule has 1 heterocycles. The predicted octanol–water partition coefficient (Wildman–Crippen LogP) is 6.38. The summed E-state index contributed by atoms with van der Waals surface area (Å²) in [7, 11) is 0. The van der Waals surface area contributed by atoms with Crippen molar-refractivity contribution in [3.8, 4) is 11.5 Å². The Bertz CT molecular complexity index is 1170. The number of anilines is 3. The van der Waals surface area contributed by atoms with Crippen LogP contribution in [-0.2, 0) is 9.59 Å². The number of hydrogen-bond acceptors (Lipinski definition) is 4. The van der Waals surface area contributed by atoms with E-state index in [1.54, 1.807) is 24.0 Å². The first-order chi connectivity index (χ1) is 16.4. The molecule has 1 aliphatic rings. The smallest absolute Gasteiger partial charge is 0.227 e. The summed E-state index contributed by atoms with van der Waals surface area (Å²) in [6, 6.07) is 20.7. The van der Waals surface area contributed by atoms with Crippen molar-refractivity contribution in [1.82, 2.24) is 4.90 Å². The van der Waals surface area contributed by atoms with Gasteiger partial charge in [0.1, 0.15) is 5.75 Å². The molecule has 3 aromatic rings. The fourth-order valence-electron chi connectivity index (χ4n) is 4.03. The lowest BCUT2D eigenvalue weighted by molar-refractivity contribution is -0.132. The van der Waals surface area contributed by atoms with Crippen molar-refractivity contribution in [3.63, 3.8) is 0 Å². The molecule has 1 saturated heterocycles. The van der Waals surface area contributed by atoms with E-state index in [4.69, 9.17) is 16.3 Å². The molecule has 0 aromatic heterocycles. The zero-order valence-corrected chi connectivity index (χ0v) is 20.1. The van der Waals surface area contributed by atoms with E-state index < -0.39 is 0 Å². The summed E-state index contributed by atoms with van der Waals surface area (Å²) in [5.41, 5.74) is 3.37. The van der Waals surface area contributed by atoms with Gasteiger partial charge in [-0.2, -0.15) is 0 Å². The molecule has 0 bridgehead atoms. The van der Waals surface area contributed by atoms with Crippen LogP contribution >= 0.6 is 11.6 Å². The number of carbonyl (C=O) groups is 2. The minimum atomic E-state index is -0.0971. The standard InChI is InChI=1S/C27H28ClN3O3/c1-18-23(29-25-6-3-4-9-26(25)34-22-12-10-21(28)11-13-22)7-5-8-24(18)30-27(33)20-14-16-31(17-15-20)19(2)32/h3-13,20,29H,14-17H2,1-2H3,(H,30,33). The highest BCUT2D eigenvalue weighted by Gasteiger charge is 2.26. The summed E-state index contributed by atoms with van der Waals surface area (Å²) in [6.07, 6.45) is 1.36. The van der Waals surface area contributed by atoms with Crippen molar-refractivity contribution < 1.29 is 14.3 Å². The molecule has 2 amide bonds. The van der Waals surface area contributed by atoms with Crippen LogP contribution in [0.25, 0.3) is 0 Å². The van der Waals surface area contributed by atoms with Crippen LogP contribution in [0.4, 0.5) is 17.1 Å². The molecule has 34 heavy (non-hydrogen) atoms. The minimum absolute atomic E-state index is 0.00470. The van der Waals surface area contributed by atoms with Gasteiger partial charge in [0.25, 0.3) is 0 Å². The first-order valence-electron chi connectivity index (χ1n) is 11.4. The van der Waals surface area contributed by atoms with Gasteiger partial charge < -0.3 is 20.3 Å². The summed E-state index contributed by atoms with van der Waals surface area (Å²) in [6.45, 7) is 4.79. The molecule has 0 spiro atoms. The molecule has 6 nitrogen and oxygen atoms in total. The molecule has 1 aliphatic heterocycles. The first-order valence-corrected chi connectivity index (χ1v) is 11.7. The number of piperidine rings is 1. The molecule has 1 fully saturated rings. The van der Waals surface area contributed by atoms with Gasteiger partial charge in [0.05, 0.1) is 5.69 Å². The monoisotopic (exact) mass is 477 g/mol. The third-order valence-electron chi connectivity index (χ3n) is 6.10. The molecule has 0 unspecified atom stereocenters.